The fourth-order valence-electron chi connectivity index (χ4n) is 1.87. The van der Waals surface area contributed by atoms with E-state index in [-0.39, 0.29) is 5.91 Å². The summed E-state index contributed by atoms with van der Waals surface area (Å²) in [6, 6.07) is 14.0. The molecule has 100 valence electrons. The van der Waals surface area contributed by atoms with E-state index in [4.69, 9.17) is 5.84 Å². The van der Waals surface area contributed by atoms with Crippen LogP contribution < -0.4 is 16.2 Å². The smallest absolute Gasteiger partial charge is 0.275 e. The zero-order valence-electron chi connectivity index (χ0n) is 10.8. The summed E-state index contributed by atoms with van der Waals surface area (Å²) in [4.78, 5) is 15.5. The van der Waals surface area contributed by atoms with E-state index in [1.807, 2.05) is 24.3 Å². The summed E-state index contributed by atoms with van der Waals surface area (Å²) in [6.45, 7) is 3.83. The van der Waals surface area contributed by atoms with Crippen molar-refractivity contribution < 1.29 is 4.79 Å². The third-order valence-corrected chi connectivity index (χ3v) is 3.94. The molecule has 1 aromatic carbocycles. The zero-order chi connectivity index (χ0) is 13.7. The molecule has 0 bridgehead atoms. The molecule has 19 heavy (non-hydrogen) atoms. The van der Waals surface area contributed by atoms with Crippen molar-refractivity contribution in [2.75, 3.05) is 11.4 Å². The fourth-order valence-corrected chi connectivity index (χ4v) is 2.80. The summed E-state index contributed by atoms with van der Waals surface area (Å²) in [5.74, 6) is 4.89. The van der Waals surface area contributed by atoms with Crippen molar-refractivity contribution in [3.8, 4) is 0 Å². The van der Waals surface area contributed by atoms with E-state index in [2.05, 4.69) is 29.4 Å². The lowest BCUT2D eigenvalue weighted by Gasteiger charge is -2.22. The number of carbonyl (C=O) groups is 1. The van der Waals surface area contributed by atoms with Crippen LogP contribution in [0.2, 0.25) is 0 Å². The molecule has 2 rings (SSSR count). The standard InChI is InChI=1S/C14H17N3OS/c1-2-17(11-6-4-3-5-7-11)10-12-8-9-13(19-12)14(18)16-15/h3-9H,2,10,15H2,1H3,(H,16,18). The van der Waals surface area contributed by atoms with Crippen molar-refractivity contribution in [1.29, 1.82) is 0 Å². The number of nitrogens with zero attached hydrogens (tertiary/aromatic N) is 1. The first-order valence-corrected chi connectivity index (χ1v) is 6.96. The molecule has 5 heteroatoms. The highest BCUT2D eigenvalue weighted by Crippen LogP contribution is 2.21. The molecular formula is C14H17N3OS. The molecule has 1 aromatic heterocycles. The number of hydrogen-bond donors (Lipinski definition) is 2. The predicted molar refractivity (Wildman–Crippen MR) is 79.1 cm³/mol. The molecule has 0 radical (unpaired) electrons. The second kappa shape index (κ2) is 6.36. The molecule has 0 fully saturated rings. The molecule has 1 amide bonds. The number of nitrogen functional groups attached to an aromatic ring is 1. The Balaban J connectivity index is 2.11. The summed E-state index contributed by atoms with van der Waals surface area (Å²) in [5.41, 5.74) is 3.33. The van der Waals surface area contributed by atoms with Gasteiger partial charge in [0.2, 0.25) is 0 Å². The number of nitrogens with two attached hydrogens (primary N) is 1. The molecule has 0 spiro atoms. The van der Waals surface area contributed by atoms with Gasteiger partial charge in [0.05, 0.1) is 11.4 Å². The first-order valence-electron chi connectivity index (χ1n) is 6.14. The third-order valence-electron chi connectivity index (χ3n) is 2.87. The van der Waals surface area contributed by atoms with E-state index in [9.17, 15) is 4.79 Å². The van der Waals surface area contributed by atoms with Crippen LogP contribution in [0, 0.1) is 0 Å². The minimum atomic E-state index is -0.237. The Kier molecular flexibility index (Phi) is 4.54. The van der Waals surface area contributed by atoms with Crippen molar-refractivity contribution in [3.05, 3.63) is 52.2 Å². The van der Waals surface area contributed by atoms with Gasteiger partial charge in [-0.1, -0.05) is 18.2 Å². The largest absolute Gasteiger partial charge is 0.367 e. The minimum absolute atomic E-state index is 0.237. The Morgan fingerprint density at radius 3 is 2.63 bits per heavy atom. The van der Waals surface area contributed by atoms with Gasteiger partial charge in [0, 0.05) is 17.1 Å². The monoisotopic (exact) mass is 275 g/mol. The predicted octanol–water partition coefficient (Wildman–Crippen LogP) is 2.38. The van der Waals surface area contributed by atoms with Gasteiger partial charge in [0.15, 0.2) is 0 Å². The van der Waals surface area contributed by atoms with Crippen LogP contribution in [0.5, 0.6) is 0 Å². The first-order chi connectivity index (χ1) is 9.24. The summed E-state index contributed by atoms with van der Waals surface area (Å²) < 4.78 is 0. The fraction of sp³-hybridized carbons (Fsp3) is 0.214. The van der Waals surface area contributed by atoms with Gasteiger partial charge >= 0.3 is 0 Å². The molecule has 0 saturated heterocycles. The van der Waals surface area contributed by atoms with Crippen LogP contribution in [-0.4, -0.2) is 12.5 Å². The van der Waals surface area contributed by atoms with Gasteiger partial charge < -0.3 is 4.90 Å². The minimum Gasteiger partial charge on any atom is -0.367 e. The average Bonchev–Trinajstić information content (AvgIpc) is 2.93. The van der Waals surface area contributed by atoms with Crippen molar-refractivity contribution in [2.24, 2.45) is 5.84 Å². The summed E-state index contributed by atoms with van der Waals surface area (Å²) in [6.07, 6.45) is 0. The second-order valence-electron chi connectivity index (χ2n) is 4.09. The topological polar surface area (TPSA) is 58.4 Å². The maximum atomic E-state index is 11.4. The van der Waals surface area contributed by atoms with Crippen LogP contribution in [0.1, 0.15) is 21.5 Å². The number of para-hydroxylation sites is 1. The number of thiophene rings is 1. The quantitative estimate of drug-likeness (QED) is 0.500. The van der Waals surface area contributed by atoms with Gasteiger partial charge in [0.25, 0.3) is 5.91 Å². The van der Waals surface area contributed by atoms with Gasteiger partial charge in [-0.15, -0.1) is 11.3 Å². The lowest BCUT2D eigenvalue weighted by Crippen LogP contribution is -2.29. The van der Waals surface area contributed by atoms with Crippen LogP contribution >= 0.6 is 11.3 Å². The van der Waals surface area contributed by atoms with E-state index in [0.717, 1.165) is 18.0 Å². The van der Waals surface area contributed by atoms with Gasteiger partial charge in [-0.05, 0) is 31.2 Å². The molecule has 0 atom stereocenters. The molecule has 2 aromatic rings. The number of hydrogen-bond acceptors (Lipinski definition) is 4. The van der Waals surface area contributed by atoms with Gasteiger partial charge in [-0.2, -0.15) is 0 Å². The number of benzene rings is 1. The SMILES string of the molecule is CCN(Cc1ccc(C(=O)NN)s1)c1ccccc1. The highest BCUT2D eigenvalue weighted by molar-refractivity contribution is 7.14. The maximum Gasteiger partial charge on any atom is 0.275 e. The van der Waals surface area contributed by atoms with Gasteiger partial charge in [-0.25, -0.2) is 5.84 Å². The van der Waals surface area contributed by atoms with Crippen LogP contribution in [0.3, 0.4) is 0 Å². The molecule has 0 aliphatic carbocycles. The molecule has 0 aliphatic rings. The summed E-state index contributed by atoms with van der Waals surface area (Å²) in [5, 5.41) is 0. The molecular weight excluding hydrogens is 258 g/mol. The van der Waals surface area contributed by atoms with Crippen molar-refractivity contribution in [2.45, 2.75) is 13.5 Å². The van der Waals surface area contributed by atoms with E-state index < -0.39 is 0 Å². The Labute approximate surface area is 116 Å². The Hall–Kier alpha value is -1.85. The average molecular weight is 275 g/mol. The maximum absolute atomic E-state index is 11.4. The lowest BCUT2D eigenvalue weighted by atomic mass is 10.3. The number of rotatable bonds is 5. The second-order valence-corrected chi connectivity index (χ2v) is 5.26. The molecule has 0 unspecified atom stereocenters. The van der Waals surface area contributed by atoms with Gasteiger partial charge in [-0.3, -0.25) is 10.2 Å². The van der Waals surface area contributed by atoms with E-state index in [1.165, 1.54) is 17.0 Å². The van der Waals surface area contributed by atoms with Crippen LogP contribution in [0.4, 0.5) is 5.69 Å². The zero-order valence-corrected chi connectivity index (χ0v) is 11.6. The highest BCUT2D eigenvalue weighted by Gasteiger charge is 2.10. The van der Waals surface area contributed by atoms with Crippen molar-refractivity contribution >= 4 is 22.9 Å². The first kappa shape index (κ1) is 13.6. The lowest BCUT2D eigenvalue weighted by molar-refractivity contribution is 0.0957. The Morgan fingerprint density at radius 2 is 2.00 bits per heavy atom. The number of carbonyl (C=O) groups excluding carboxylic acids is 1. The summed E-state index contributed by atoms with van der Waals surface area (Å²) >= 11 is 1.47. The molecule has 4 nitrogen and oxygen atoms in total. The van der Waals surface area contributed by atoms with Crippen LogP contribution in [0.15, 0.2) is 42.5 Å². The summed E-state index contributed by atoms with van der Waals surface area (Å²) in [7, 11) is 0. The molecule has 0 aliphatic heterocycles. The number of anilines is 1. The normalized spacial score (nSPS) is 10.2. The molecule has 1 heterocycles. The number of amides is 1. The highest BCUT2D eigenvalue weighted by atomic mass is 32.1. The van der Waals surface area contributed by atoms with E-state index in [1.54, 1.807) is 6.07 Å². The van der Waals surface area contributed by atoms with Crippen LogP contribution in [0.25, 0.3) is 0 Å². The molecule has 0 saturated carbocycles. The van der Waals surface area contributed by atoms with Crippen molar-refractivity contribution in [3.63, 3.8) is 0 Å². The van der Waals surface area contributed by atoms with Gasteiger partial charge in [0.1, 0.15) is 0 Å². The number of hydrazine groups is 1. The Morgan fingerprint density at radius 1 is 1.26 bits per heavy atom. The molecule has 3 N–H and O–H groups in total. The third kappa shape index (κ3) is 3.33. The van der Waals surface area contributed by atoms with E-state index in [0.29, 0.717) is 4.88 Å². The van der Waals surface area contributed by atoms with Crippen LogP contribution in [-0.2, 0) is 6.54 Å². The Bertz CT molecular complexity index is 539. The number of nitrogens with one attached hydrogen (secondary N) is 1. The van der Waals surface area contributed by atoms with Crippen molar-refractivity contribution in [1.82, 2.24) is 5.43 Å². The van der Waals surface area contributed by atoms with E-state index >= 15 is 0 Å².